The number of rotatable bonds is 5. The Morgan fingerprint density at radius 2 is 2.27 bits per heavy atom. The molecule has 7 heteroatoms. The standard InChI is InChI=1S/C19H19N3O4/c1-10(2)25-19(24)15-16(23)14(26-18(15)22-12-5-6-12)8-11-9-21-17-13(11)4-3-7-20-17/h3-4,7-10,12,22H,5-6H2,1-2H3,(H,20,21). The van der Waals surface area contributed by atoms with Crippen LogP contribution in [0.15, 0.2) is 41.7 Å². The molecule has 2 aromatic heterocycles. The van der Waals surface area contributed by atoms with Gasteiger partial charge in [0.2, 0.25) is 11.7 Å². The van der Waals surface area contributed by atoms with E-state index in [4.69, 9.17) is 9.47 Å². The molecule has 1 fully saturated rings. The van der Waals surface area contributed by atoms with Crippen LogP contribution in [0.25, 0.3) is 17.1 Å². The first kappa shape index (κ1) is 16.4. The average molecular weight is 353 g/mol. The summed E-state index contributed by atoms with van der Waals surface area (Å²) in [6.07, 6.45) is 6.71. The first-order valence-corrected chi connectivity index (χ1v) is 8.61. The van der Waals surface area contributed by atoms with Gasteiger partial charge in [-0.15, -0.1) is 0 Å². The molecule has 1 saturated carbocycles. The van der Waals surface area contributed by atoms with E-state index in [1.54, 1.807) is 32.3 Å². The number of H-pyrrole nitrogens is 1. The second kappa shape index (κ2) is 6.33. The molecular weight excluding hydrogens is 334 g/mol. The van der Waals surface area contributed by atoms with Crippen molar-refractivity contribution >= 4 is 28.9 Å². The van der Waals surface area contributed by atoms with Gasteiger partial charge in [0.25, 0.3) is 0 Å². The molecule has 4 rings (SSSR count). The maximum absolute atomic E-state index is 12.8. The highest BCUT2D eigenvalue weighted by atomic mass is 16.5. The molecule has 0 saturated heterocycles. The smallest absolute Gasteiger partial charge is 0.348 e. The number of carbonyl (C=O) groups excluding carboxylic acids is 2. The van der Waals surface area contributed by atoms with Crippen molar-refractivity contribution in [2.24, 2.45) is 0 Å². The number of aromatic amines is 1. The third-order valence-electron chi connectivity index (χ3n) is 4.12. The van der Waals surface area contributed by atoms with Crippen LogP contribution >= 0.6 is 0 Å². The second-order valence-corrected chi connectivity index (χ2v) is 6.66. The molecule has 0 amide bonds. The van der Waals surface area contributed by atoms with Crippen molar-refractivity contribution < 1.29 is 19.1 Å². The number of nitrogens with zero attached hydrogens (tertiary/aromatic N) is 1. The molecule has 0 aromatic carbocycles. The number of fused-ring (bicyclic) bond motifs is 1. The predicted octanol–water partition coefficient (Wildman–Crippen LogP) is 2.42. The van der Waals surface area contributed by atoms with Crippen molar-refractivity contribution in [3.05, 3.63) is 47.3 Å². The number of hydrogen-bond donors (Lipinski definition) is 2. The van der Waals surface area contributed by atoms with Crippen molar-refractivity contribution in [3.8, 4) is 0 Å². The Bertz CT molecular complexity index is 951. The van der Waals surface area contributed by atoms with Gasteiger partial charge in [-0.05, 0) is 44.9 Å². The number of hydrogen-bond acceptors (Lipinski definition) is 6. The summed E-state index contributed by atoms with van der Waals surface area (Å²) in [7, 11) is 0. The zero-order valence-corrected chi connectivity index (χ0v) is 14.5. The molecule has 2 aromatic rings. The van der Waals surface area contributed by atoms with Gasteiger partial charge in [0.1, 0.15) is 5.65 Å². The topological polar surface area (TPSA) is 93.3 Å². The Hall–Kier alpha value is -3.09. The minimum Gasteiger partial charge on any atom is -0.459 e. The molecule has 2 aliphatic rings. The van der Waals surface area contributed by atoms with Crippen LogP contribution in [0.1, 0.15) is 32.3 Å². The third kappa shape index (κ3) is 3.08. The lowest BCUT2D eigenvalue weighted by atomic mass is 10.1. The van der Waals surface area contributed by atoms with Crippen LogP contribution < -0.4 is 5.32 Å². The fourth-order valence-electron chi connectivity index (χ4n) is 2.74. The number of nitrogens with one attached hydrogen (secondary N) is 2. The van der Waals surface area contributed by atoms with Crippen LogP contribution in [0.5, 0.6) is 0 Å². The van der Waals surface area contributed by atoms with Gasteiger partial charge in [0, 0.05) is 29.4 Å². The lowest BCUT2D eigenvalue weighted by Gasteiger charge is -2.09. The number of allylic oxidation sites excluding steroid dienone is 1. The lowest BCUT2D eigenvalue weighted by Crippen LogP contribution is -2.23. The summed E-state index contributed by atoms with van der Waals surface area (Å²) in [5.74, 6) is -0.866. The van der Waals surface area contributed by atoms with Crippen molar-refractivity contribution in [1.29, 1.82) is 0 Å². The molecule has 0 atom stereocenters. The van der Waals surface area contributed by atoms with Crippen LogP contribution in [0.3, 0.4) is 0 Å². The van der Waals surface area contributed by atoms with Crippen molar-refractivity contribution in [3.63, 3.8) is 0 Å². The van der Waals surface area contributed by atoms with E-state index >= 15 is 0 Å². The summed E-state index contributed by atoms with van der Waals surface area (Å²) >= 11 is 0. The zero-order chi connectivity index (χ0) is 18.3. The Kier molecular flexibility index (Phi) is 3.99. The van der Waals surface area contributed by atoms with Gasteiger partial charge in [-0.2, -0.15) is 0 Å². The van der Waals surface area contributed by atoms with Crippen molar-refractivity contribution in [2.45, 2.75) is 38.8 Å². The molecule has 3 heterocycles. The van der Waals surface area contributed by atoms with Gasteiger partial charge >= 0.3 is 5.97 Å². The number of esters is 1. The first-order valence-electron chi connectivity index (χ1n) is 8.61. The predicted molar refractivity (Wildman–Crippen MR) is 94.6 cm³/mol. The quantitative estimate of drug-likeness (QED) is 0.487. The second-order valence-electron chi connectivity index (χ2n) is 6.66. The Balaban J connectivity index is 1.67. The molecule has 0 radical (unpaired) electrons. The summed E-state index contributed by atoms with van der Waals surface area (Å²) in [5.41, 5.74) is 1.41. The van der Waals surface area contributed by atoms with Crippen LogP contribution in [0.4, 0.5) is 0 Å². The molecule has 0 unspecified atom stereocenters. The van der Waals surface area contributed by atoms with E-state index in [-0.39, 0.29) is 29.4 Å². The molecule has 0 spiro atoms. The number of aromatic nitrogens is 2. The van der Waals surface area contributed by atoms with Gasteiger partial charge < -0.3 is 19.8 Å². The number of ether oxygens (including phenoxy) is 2. The highest BCUT2D eigenvalue weighted by molar-refractivity contribution is 6.26. The SMILES string of the molecule is CC(C)OC(=O)C1=C(NC2CC2)OC(=Cc2c[nH]c3ncccc23)C1=O. The molecular formula is C19H19N3O4. The van der Waals surface area contributed by atoms with Crippen LogP contribution in [0.2, 0.25) is 0 Å². The number of pyridine rings is 1. The molecule has 2 N–H and O–H groups in total. The van der Waals surface area contributed by atoms with E-state index in [0.717, 1.165) is 23.8 Å². The fraction of sp³-hybridized carbons (Fsp3) is 0.316. The van der Waals surface area contributed by atoms with E-state index in [1.165, 1.54) is 0 Å². The maximum atomic E-state index is 12.8. The lowest BCUT2D eigenvalue weighted by molar-refractivity contribution is -0.143. The van der Waals surface area contributed by atoms with Gasteiger partial charge in [-0.3, -0.25) is 4.79 Å². The maximum Gasteiger partial charge on any atom is 0.348 e. The van der Waals surface area contributed by atoms with Gasteiger partial charge in [0.15, 0.2) is 11.3 Å². The summed E-state index contributed by atoms with van der Waals surface area (Å²) in [6.45, 7) is 3.48. The normalized spacial score (nSPS) is 18.7. The van der Waals surface area contributed by atoms with Crippen LogP contribution in [-0.2, 0) is 19.1 Å². The van der Waals surface area contributed by atoms with E-state index in [1.807, 2.05) is 12.1 Å². The average Bonchev–Trinajstić information content (AvgIpc) is 3.23. The Morgan fingerprint density at radius 3 is 3.00 bits per heavy atom. The number of ketones is 1. The van der Waals surface area contributed by atoms with Gasteiger partial charge in [0.05, 0.1) is 6.10 Å². The molecule has 134 valence electrons. The highest BCUT2D eigenvalue weighted by Crippen LogP contribution is 2.31. The largest absolute Gasteiger partial charge is 0.459 e. The molecule has 0 bridgehead atoms. The summed E-state index contributed by atoms with van der Waals surface area (Å²) in [4.78, 5) is 32.4. The minimum absolute atomic E-state index is 0.0742. The van der Waals surface area contributed by atoms with Crippen molar-refractivity contribution in [1.82, 2.24) is 15.3 Å². The van der Waals surface area contributed by atoms with Crippen molar-refractivity contribution in [2.75, 3.05) is 0 Å². The molecule has 7 nitrogen and oxygen atoms in total. The van der Waals surface area contributed by atoms with Crippen LogP contribution in [0, 0.1) is 0 Å². The zero-order valence-electron chi connectivity index (χ0n) is 14.5. The summed E-state index contributed by atoms with van der Waals surface area (Å²) in [6, 6.07) is 3.95. The third-order valence-corrected chi connectivity index (χ3v) is 4.12. The Labute approximate surface area is 150 Å². The summed E-state index contributed by atoms with van der Waals surface area (Å²) < 4.78 is 10.9. The Morgan fingerprint density at radius 1 is 1.46 bits per heavy atom. The molecule has 26 heavy (non-hydrogen) atoms. The summed E-state index contributed by atoms with van der Waals surface area (Å²) in [5, 5.41) is 3.98. The van der Waals surface area contributed by atoms with E-state index in [0.29, 0.717) is 5.65 Å². The van der Waals surface area contributed by atoms with Gasteiger partial charge in [-0.1, -0.05) is 0 Å². The van der Waals surface area contributed by atoms with E-state index < -0.39 is 11.8 Å². The van der Waals surface area contributed by atoms with E-state index in [2.05, 4.69) is 15.3 Å². The first-order chi connectivity index (χ1) is 12.5. The molecule has 1 aliphatic carbocycles. The van der Waals surface area contributed by atoms with E-state index in [9.17, 15) is 9.59 Å². The monoisotopic (exact) mass is 353 g/mol. The molecule has 1 aliphatic heterocycles. The highest BCUT2D eigenvalue weighted by Gasteiger charge is 2.39. The van der Waals surface area contributed by atoms with Gasteiger partial charge in [-0.25, -0.2) is 9.78 Å². The minimum atomic E-state index is -0.669. The van der Waals surface area contributed by atoms with Crippen LogP contribution in [-0.4, -0.2) is 33.9 Å². The fourth-order valence-corrected chi connectivity index (χ4v) is 2.74. The number of Topliss-reactive ketones (excluding diaryl/α,β-unsaturated/α-hetero) is 1. The number of carbonyl (C=O) groups is 2.